The van der Waals surface area contributed by atoms with Crippen LogP contribution in [-0.2, 0) is 4.74 Å². The summed E-state index contributed by atoms with van der Waals surface area (Å²) in [6.07, 6.45) is 0. The topological polar surface area (TPSA) is 21.3 Å². The van der Waals surface area contributed by atoms with Crippen LogP contribution in [0.4, 0.5) is 4.39 Å². The molecule has 1 aromatic rings. The van der Waals surface area contributed by atoms with Gasteiger partial charge in [-0.1, -0.05) is 6.07 Å². The number of benzene rings is 1. The van der Waals surface area contributed by atoms with Crippen LogP contribution in [0, 0.1) is 12.7 Å². The molecule has 0 radical (unpaired) electrons. The molecule has 0 aliphatic heterocycles. The average Bonchev–Trinajstić information content (AvgIpc) is 2.15. The van der Waals surface area contributed by atoms with Gasteiger partial charge in [0, 0.05) is 6.61 Å². The average molecular weight is 239 g/mol. The van der Waals surface area contributed by atoms with Crippen LogP contribution in [0.25, 0.3) is 0 Å². The van der Waals surface area contributed by atoms with E-state index >= 15 is 0 Å². The molecule has 0 amide bonds. The van der Waals surface area contributed by atoms with Crippen LogP contribution >= 0.6 is 0 Å². The summed E-state index contributed by atoms with van der Waals surface area (Å²) >= 11 is 0. The van der Waals surface area contributed by atoms with E-state index < -0.39 is 0 Å². The molecule has 1 aromatic carbocycles. The molecule has 0 saturated carbocycles. The zero-order valence-electron chi connectivity index (χ0n) is 11.3. The number of hydrogen-bond donors (Lipinski definition) is 1. The molecule has 3 heteroatoms. The number of aryl methyl sites for hydroxylation is 1. The van der Waals surface area contributed by atoms with Crippen molar-refractivity contribution in [1.29, 1.82) is 0 Å². The minimum atomic E-state index is -0.371. The van der Waals surface area contributed by atoms with E-state index in [9.17, 15) is 4.39 Å². The van der Waals surface area contributed by atoms with E-state index in [1.54, 1.807) is 6.07 Å². The summed E-state index contributed by atoms with van der Waals surface area (Å²) in [4.78, 5) is 0. The molecule has 0 heterocycles. The Labute approximate surface area is 103 Å². The monoisotopic (exact) mass is 239 g/mol. The van der Waals surface area contributed by atoms with E-state index in [-0.39, 0.29) is 17.5 Å². The fourth-order valence-electron chi connectivity index (χ4n) is 2.30. The van der Waals surface area contributed by atoms with E-state index in [0.29, 0.717) is 6.61 Å². The lowest BCUT2D eigenvalue weighted by Gasteiger charge is -2.34. The predicted octanol–water partition coefficient (Wildman–Crippen LogP) is 3.21. The van der Waals surface area contributed by atoms with Crippen molar-refractivity contribution >= 4 is 0 Å². The highest BCUT2D eigenvalue weighted by Crippen LogP contribution is 2.29. The molecule has 1 atom stereocenters. The van der Waals surface area contributed by atoms with Gasteiger partial charge in [0.1, 0.15) is 5.82 Å². The Bertz CT molecular complexity index is 356. The van der Waals surface area contributed by atoms with Gasteiger partial charge in [-0.2, -0.15) is 0 Å². The molecule has 17 heavy (non-hydrogen) atoms. The maximum Gasteiger partial charge on any atom is 0.123 e. The third-order valence-electron chi connectivity index (χ3n) is 2.90. The number of nitrogens with one attached hydrogen (secondary N) is 1. The summed E-state index contributed by atoms with van der Waals surface area (Å²) in [5.41, 5.74) is 1.47. The normalized spacial score (nSPS) is 13.8. The lowest BCUT2D eigenvalue weighted by molar-refractivity contribution is -0.0375. The lowest BCUT2D eigenvalue weighted by Crippen LogP contribution is -2.40. The van der Waals surface area contributed by atoms with Crippen molar-refractivity contribution in [1.82, 2.24) is 5.32 Å². The second-order valence-electron chi connectivity index (χ2n) is 4.82. The second-order valence-corrected chi connectivity index (χ2v) is 4.82. The van der Waals surface area contributed by atoms with Crippen molar-refractivity contribution in [3.8, 4) is 0 Å². The largest absolute Gasteiger partial charge is 0.374 e. The maximum atomic E-state index is 13.4. The Balaban J connectivity index is 3.08. The minimum Gasteiger partial charge on any atom is -0.374 e. The fraction of sp³-hybridized carbons (Fsp3) is 0.571. The van der Waals surface area contributed by atoms with Crippen molar-refractivity contribution in [3.63, 3.8) is 0 Å². The van der Waals surface area contributed by atoms with Gasteiger partial charge in [0.15, 0.2) is 0 Å². The van der Waals surface area contributed by atoms with Crippen LogP contribution in [0.1, 0.15) is 37.9 Å². The number of ether oxygens (including phenoxy) is 1. The summed E-state index contributed by atoms with van der Waals surface area (Å²) in [7, 11) is 1.87. The van der Waals surface area contributed by atoms with Crippen molar-refractivity contribution in [2.75, 3.05) is 13.7 Å². The summed E-state index contributed by atoms with van der Waals surface area (Å²) in [5.74, 6) is -0.201. The third-order valence-corrected chi connectivity index (χ3v) is 2.90. The van der Waals surface area contributed by atoms with E-state index in [1.165, 1.54) is 6.07 Å². The van der Waals surface area contributed by atoms with Gasteiger partial charge < -0.3 is 10.1 Å². The fourth-order valence-corrected chi connectivity index (χ4v) is 2.30. The molecule has 2 nitrogen and oxygen atoms in total. The smallest absolute Gasteiger partial charge is 0.123 e. The molecule has 0 aromatic heterocycles. The Kier molecular flexibility index (Phi) is 4.66. The first-order valence-corrected chi connectivity index (χ1v) is 5.99. The highest BCUT2D eigenvalue weighted by atomic mass is 19.1. The highest BCUT2D eigenvalue weighted by Gasteiger charge is 2.30. The zero-order chi connectivity index (χ0) is 13.1. The summed E-state index contributed by atoms with van der Waals surface area (Å²) < 4.78 is 19.2. The summed E-state index contributed by atoms with van der Waals surface area (Å²) in [6.45, 7) is 8.52. The third kappa shape index (κ3) is 3.51. The first-order chi connectivity index (χ1) is 7.90. The number of rotatable bonds is 5. The molecule has 1 rings (SSSR count). The SMILES string of the molecule is CCOC(C)(C)C(NC)c1cc(C)cc(F)c1. The van der Waals surface area contributed by atoms with Gasteiger partial charge in [-0.3, -0.25) is 0 Å². The molecule has 0 fully saturated rings. The molecule has 96 valence electrons. The number of likely N-dealkylation sites (N-methyl/N-ethyl adjacent to an activating group) is 1. The molecule has 0 aliphatic rings. The van der Waals surface area contributed by atoms with Crippen molar-refractivity contribution < 1.29 is 9.13 Å². The lowest BCUT2D eigenvalue weighted by atomic mass is 9.90. The number of hydrogen-bond acceptors (Lipinski definition) is 2. The minimum absolute atomic E-state index is 0.0307. The van der Waals surface area contributed by atoms with Crippen LogP contribution in [0.5, 0.6) is 0 Å². The molecule has 1 unspecified atom stereocenters. The van der Waals surface area contributed by atoms with Gasteiger partial charge in [-0.25, -0.2) is 4.39 Å². The first kappa shape index (κ1) is 14.1. The molecule has 0 spiro atoms. The molecule has 1 N–H and O–H groups in total. The van der Waals surface area contributed by atoms with Gasteiger partial charge in [-0.15, -0.1) is 0 Å². The summed E-state index contributed by atoms with van der Waals surface area (Å²) in [6, 6.07) is 5.06. The van der Waals surface area contributed by atoms with Gasteiger partial charge in [-0.05, 0) is 58.0 Å². The van der Waals surface area contributed by atoms with E-state index in [1.807, 2.05) is 40.8 Å². The van der Waals surface area contributed by atoms with Crippen LogP contribution in [0.15, 0.2) is 18.2 Å². The van der Waals surface area contributed by atoms with Gasteiger partial charge in [0.2, 0.25) is 0 Å². The van der Waals surface area contributed by atoms with Crippen molar-refractivity contribution in [2.45, 2.75) is 39.3 Å². The van der Waals surface area contributed by atoms with Gasteiger partial charge in [0.05, 0.1) is 11.6 Å². The maximum absolute atomic E-state index is 13.4. The predicted molar refractivity (Wildman–Crippen MR) is 68.6 cm³/mol. The Hall–Kier alpha value is -0.930. The van der Waals surface area contributed by atoms with E-state index in [2.05, 4.69) is 5.32 Å². The molecule has 0 saturated heterocycles. The Morgan fingerprint density at radius 1 is 1.35 bits per heavy atom. The molecule has 0 bridgehead atoms. The standard InChI is InChI=1S/C14H22FNO/c1-6-17-14(3,4)13(16-5)11-7-10(2)8-12(15)9-11/h7-9,13,16H,6H2,1-5H3. The van der Waals surface area contributed by atoms with Crippen molar-refractivity contribution in [2.24, 2.45) is 0 Å². The second kappa shape index (κ2) is 5.61. The van der Waals surface area contributed by atoms with Crippen LogP contribution in [-0.4, -0.2) is 19.3 Å². The molecular formula is C14H22FNO. The zero-order valence-corrected chi connectivity index (χ0v) is 11.3. The molecule has 0 aliphatic carbocycles. The number of halogens is 1. The van der Waals surface area contributed by atoms with Gasteiger partial charge in [0.25, 0.3) is 0 Å². The first-order valence-electron chi connectivity index (χ1n) is 5.99. The van der Waals surface area contributed by atoms with Crippen molar-refractivity contribution in [3.05, 3.63) is 35.1 Å². The summed E-state index contributed by atoms with van der Waals surface area (Å²) in [5, 5.41) is 3.21. The molecular weight excluding hydrogens is 217 g/mol. The van der Waals surface area contributed by atoms with E-state index in [4.69, 9.17) is 4.74 Å². The van der Waals surface area contributed by atoms with Crippen LogP contribution in [0.2, 0.25) is 0 Å². The van der Waals surface area contributed by atoms with Gasteiger partial charge >= 0.3 is 0 Å². The van der Waals surface area contributed by atoms with Crippen LogP contribution < -0.4 is 5.32 Å². The van der Waals surface area contributed by atoms with Crippen LogP contribution in [0.3, 0.4) is 0 Å². The Morgan fingerprint density at radius 2 is 2.00 bits per heavy atom. The quantitative estimate of drug-likeness (QED) is 0.852. The highest BCUT2D eigenvalue weighted by molar-refractivity contribution is 5.28. The van der Waals surface area contributed by atoms with E-state index in [0.717, 1.165) is 11.1 Å². The Morgan fingerprint density at radius 3 is 2.47 bits per heavy atom.